The van der Waals surface area contributed by atoms with Crippen LogP contribution in [0.3, 0.4) is 0 Å². The van der Waals surface area contributed by atoms with E-state index in [9.17, 15) is 0 Å². The number of ether oxygens (including phenoxy) is 1. The first-order valence-electron chi connectivity index (χ1n) is 7.82. The highest BCUT2D eigenvalue weighted by molar-refractivity contribution is 5.33. The average Bonchev–Trinajstić information content (AvgIpc) is 2.56. The van der Waals surface area contributed by atoms with E-state index in [0.717, 1.165) is 18.8 Å². The molecule has 1 fully saturated rings. The fraction of sp³-hybridized carbons (Fsp3) is 0.368. The monoisotopic (exact) mass is 281 g/mol. The van der Waals surface area contributed by atoms with E-state index >= 15 is 0 Å². The zero-order valence-electron chi connectivity index (χ0n) is 12.6. The lowest BCUT2D eigenvalue weighted by Crippen LogP contribution is -2.32. The molecule has 0 bridgehead atoms. The summed E-state index contributed by atoms with van der Waals surface area (Å²) in [5.41, 5.74) is 2.49. The molecule has 1 atom stereocenters. The normalized spacial score (nSPS) is 17.4. The smallest absolute Gasteiger partial charge is 0.127 e. The lowest BCUT2D eigenvalue weighted by Gasteiger charge is -2.32. The van der Waals surface area contributed by atoms with E-state index in [0.29, 0.717) is 5.92 Å². The SMILES string of the molecule is Cc1ccccc1OC(c1ccccc1)C1CCNCC1. The molecule has 1 aliphatic heterocycles. The van der Waals surface area contributed by atoms with Crippen LogP contribution in [0.2, 0.25) is 0 Å². The zero-order valence-corrected chi connectivity index (χ0v) is 12.6. The Morgan fingerprint density at radius 1 is 0.952 bits per heavy atom. The molecule has 0 aliphatic carbocycles. The predicted octanol–water partition coefficient (Wildman–Crippen LogP) is 4.11. The number of para-hydroxylation sites is 1. The van der Waals surface area contributed by atoms with Crippen molar-refractivity contribution in [2.45, 2.75) is 25.9 Å². The van der Waals surface area contributed by atoms with Crippen molar-refractivity contribution in [3.8, 4) is 5.75 Å². The van der Waals surface area contributed by atoms with Gasteiger partial charge in [-0.05, 0) is 50.0 Å². The molecule has 2 aromatic carbocycles. The number of piperidine rings is 1. The van der Waals surface area contributed by atoms with Crippen molar-refractivity contribution in [1.82, 2.24) is 5.32 Å². The Bertz CT molecular complexity index is 561. The maximum absolute atomic E-state index is 6.44. The van der Waals surface area contributed by atoms with Crippen LogP contribution < -0.4 is 10.1 Å². The highest BCUT2D eigenvalue weighted by Gasteiger charge is 2.26. The van der Waals surface area contributed by atoms with E-state index in [4.69, 9.17) is 4.74 Å². The zero-order chi connectivity index (χ0) is 14.5. The predicted molar refractivity (Wildman–Crippen MR) is 86.6 cm³/mol. The quantitative estimate of drug-likeness (QED) is 0.910. The van der Waals surface area contributed by atoms with Gasteiger partial charge in [0.1, 0.15) is 11.9 Å². The van der Waals surface area contributed by atoms with Gasteiger partial charge >= 0.3 is 0 Å². The van der Waals surface area contributed by atoms with E-state index in [2.05, 4.69) is 60.8 Å². The van der Waals surface area contributed by atoms with Crippen molar-refractivity contribution in [3.05, 3.63) is 65.7 Å². The Hall–Kier alpha value is -1.80. The van der Waals surface area contributed by atoms with Gasteiger partial charge in [0.2, 0.25) is 0 Å². The van der Waals surface area contributed by atoms with Gasteiger partial charge in [-0.15, -0.1) is 0 Å². The Morgan fingerprint density at radius 2 is 1.62 bits per heavy atom. The van der Waals surface area contributed by atoms with Gasteiger partial charge in [0.05, 0.1) is 0 Å². The van der Waals surface area contributed by atoms with Crippen molar-refractivity contribution in [2.75, 3.05) is 13.1 Å². The second kappa shape index (κ2) is 6.77. The Balaban J connectivity index is 1.87. The molecule has 0 amide bonds. The third kappa shape index (κ3) is 3.45. The molecule has 0 radical (unpaired) electrons. The lowest BCUT2D eigenvalue weighted by atomic mass is 9.88. The summed E-state index contributed by atoms with van der Waals surface area (Å²) in [5.74, 6) is 1.58. The molecular formula is C19H23NO. The van der Waals surface area contributed by atoms with Gasteiger partial charge < -0.3 is 10.1 Å². The first-order chi connectivity index (χ1) is 10.3. The van der Waals surface area contributed by atoms with Gasteiger partial charge in [0.25, 0.3) is 0 Å². The summed E-state index contributed by atoms with van der Waals surface area (Å²) < 4.78 is 6.44. The Labute approximate surface area is 127 Å². The van der Waals surface area contributed by atoms with Gasteiger partial charge in [0.15, 0.2) is 0 Å². The van der Waals surface area contributed by atoms with Crippen molar-refractivity contribution in [3.63, 3.8) is 0 Å². The fourth-order valence-electron chi connectivity index (χ4n) is 3.05. The van der Waals surface area contributed by atoms with Gasteiger partial charge in [-0.3, -0.25) is 0 Å². The minimum Gasteiger partial charge on any atom is -0.485 e. The minimum atomic E-state index is 0.148. The summed E-state index contributed by atoms with van der Waals surface area (Å²) in [7, 11) is 0. The molecule has 2 aromatic rings. The van der Waals surface area contributed by atoms with Crippen LogP contribution in [-0.4, -0.2) is 13.1 Å². The van der Waals surface area contributed by atoms with Crippen LogP contribution >= 0.6 is 0 Å². The van der Waals surface area contributed by atoms with E-state index in [1.54, 1.807) is 0 Å². The van der Waals surface area contributed by atoms with E-state index < -0.39 is 0 Å². The second-order valence-electron chi connectivity index (χ2n) is 5.80. The molecule has 21 heavy (non-hydrogen) atoms. The van der Waals surface area contributed by atoms with Crippen LogP contribution in [0.4, 0.5) is 0 Å². The van der Waals surface area contributed by atoms with Crippen LogP contribution in [0, 0.1) is 12.8 Å². The number of hydrogen-bond acceptors (Lipinski definition) is 2. The van der Waals surface area contributed by atoms with E-state index in [1.807, 2.05) is 6.07 Å². The fourth-order valence-corrected chi connectivity index (χ4v) is 3.05. The van der Waals surface area contributed by atoms with E-state index in [-0.39, 0.29) is 6.10 Å². The molecular weight excluding hydrogens is 258 g/mol. The van der Waals surface area contributed by atoms with Crippen LogP contribution in [0.15, 0.2) is 54.6 Å². The van der Waals surface area contributed by atoms with Gasteiger partial charge in [-0.1, -0.05) is 48.5 Å². The Morgan fingerprint density at radius 3 is 2.33 bits per heavy atom. The van der Waals surface area contributed by atoms with Crippen LogP contribution in [0.5, 0.6) is 5.75 Å². The number of aryl methyl sites for hydroxylation is 1. The molecule has 0 saturated carbocycles. The molecule has 0 spiro atoms. The number of nitrogens with one attached hydrogen (secondary N) is 1. The summed E-state index contributed by atoms with van der Waals surface area (Å²) in [6, 6.07) is 18.9. The average molecular weight is 281 g/mol. The highest BCUT2D eigenvalue weighted by atomic mass is 16.5. The van der Waals surface area contributed by atoms with Crippen molar-refractivity contribution < 1.29 is 4.74 Å². The summed E-state index contributed by atoms with van der Waals surface area (Å²) >= 11 is 0. The third-order valence-corrected chi connectivity index (χ3v) is 4.29. The molecule has 1 N–H and O–H groups in total. The summed E-state index contributed by atoms with van der Waals surface area (Å²) in [6.45, 7) is 4.29. The van der Waals surface area contributed by atoms with Crippen molar-refractivity contribution in [2.24, 2.45) is 5.92 Å². The first kappa shape index (κ1) is 14.2. The minimum absolute atomic E-state index is 0.148. The third-order valence-electron chi connectivity index (χ3n) is 4.29. The molecule has 1 unspecified atom stereocenters. The van der Waals surface area contributed by atoms with Crippen LogP contribution in [0.25, 0.3) is 0 Å². The summed E-state index contributed by atoms with van der Waals surface area (Å²) in [6.07, 6.45) is 2.49. The molecule has 1 saturated heterocycles. The maximum Gasteiger partial charge on any atom is 0.127 e. The number of hydrogen-bond donors (Lipinski definition) is 1. The lowest BCUT2D eigenvalue weighted by molar-refractivity contribution is 0.112. The molecule has 2 nitrogen and oxygen atoms in total. The highest BCUT2D eigenvalue weighted by Crippen LogP contribution is 2.34. The van der Waals surface area contributed by atoms with E-state index in [1.165, 1.54) is 24.0 Å². The molecule has 1 aliphatic rings. The Kier molecular flexibility index (Phi) is 4.56. The maximum atomic E-state index is 6.44. The molecule has 3 rings (SSSR count). The van der Waals surface area contributed by atoms with Crippen molar-refractivity contribution >= 4 is 0 Å². The second-order valence-corrected chi connectivity index (χ2v) is 5.80. The van der Waals surface area contributed by atoms with Crippen LogP contribution in [0.1, 0.15) is 30.1 Å². The molecule has 110 valence electrons. The molecule has 0 aromatic heterocycles. The van der Waals surface area contributed by atoms with Gasteiger partial charge in [-0.2, -0.15) is 0 Å². The largest absolute Gasteiger partial charge is 0.485 e. The molecule has 1 heterocycles. The summed E-state index contributed by atoms with van der Waals surface area (Å²) in [5, 5.41) is 3.44. The first-order valence-corrected chi connectivity index (χ1v) is 7.82. The van der Waals surface area contributed by atoms with Gasteiger partial charge in [0, 0.05) is 5.92 Å². The topological polar surface area (TPSA) is 21.3 Å². The summed E-state index contributed by atoms with van der Waals surface area (Å²) in [4.78, 5) is 0. The standard InChI is InChI=1S/C19H23NO/c1-15-7-5-6-10-18(15)21-19(16-8-3-2-4-9-16)17-11-13-20-14-12-17/h2-10,17,19-20H,11-14H2,1H3. The number of benzene rings is 2. The van der Waals surface area contributed by atoms with Crippen molar-refractivity contribution in [1.29, 1.82) is 0 Å². The number of rotatable bonds is 4. The van der Waals surface area contributed by atoms with Crippen LogP contribution in [-0.2, 0) is 0 Å². The molecule has 2 heteroatoms. The van der Waals surface area contributed by atoms with Gasteiger partial charge in [-0.25, -0.2) is 0 Å².